The molecule has 4 heterocycles. The number of nitrogens with zero attached hydrogens (tertiary/aromatic N) is 6. The molecule has 0 spiro atoms. The molecular formula is C16H21BrN6. The minimum Gasteiger partial charge on any atom is -0.317 e. The standard InChI is InChI=1S/C16H21BrN6/c1-11-19-20-16(21(11)2)10-23-9-14-5-15(23)8-22(14)7-13-4-3-12(17)6-18-13/h3-4,6,14-15H,5,7-10H2,1-2H3. The zero-order chi connectivity index (χ0) is 16.0. The number of fused-ring (bicyclic) bond motifs is 2. The highest BCUT2D eigenvalue weighted by atomic mass is 79.9. The molecule has 0 saturated carbocycles. The van der Waals surface area contributed by atoms with Gasteiger partial charge in [-0.25, -0.2) is 0 Å². The van der Waals surface area contributed by atoms with E-state index >= 15 is 0 Å². The van der Waals surface area contributed by atoms with Crippen LogP contribution >= 0.6 is 15.9 Å². The van der Waals surface area contributed by atoms with E-state index in [0.717, 1.165) is 48.0 Å². The van der Waals surface area contributed by atoms with E-state index < -0.39 is 0 Å². The fraction of sp³-hybridized carbons (Fsp3) is 0.562. The zero-order valence-corrected chi connectivity index (χ0v) is 15.1. The van der Waals surface area contributed by atoms with Crippen LogP contribution in [0, 0.1) is 6.92 Å². The zero-order valence-electron chi connectivity index (χ0n) is 13.5. The summed E-state index contributed by atoms with van der Waals surface area (Å²) in [6.45, 7) is 6.10. The van der Waals surface area contributed by atoms with Crippen LogP contribution in [0.3, 0.4) is 0 Å². The van der Waals surface area contributed by atoms with Crippen LogP contribution in [-0.2, 0) is 20.1 Å². The number of piperazine rings is 1. The molecule has 2 aliphatic heterocycles. The Morgan fingerprint density at radius 1 is 1.13 bits per heavy atom. The molecule has 0 radical (unpaired) electrons. The molecular weight excluding hydrogens is 356 g/mol. The van der Waals surface area contributed by atoms with Gasteiger partial charge in [-0.3, -0.25) is 14.8 Å². The van der Waals surface area contributed by atoms with Gasteiger partial charge in [0.15, 0.2) is 0 Å². The number of aryl methyl sites for hydroxylation is 1. The fourth-order valence-electron chi connectivity index (χ4n) is 3.70. The van der Waals surface area contributed by atoms with Crippen molar-refractivity contribution in [2.75, 3.05) is 13.1 Å². The number of pyridine rings is 1. The Kier molecular flexibility index (Phi) is 3.95. The molecule has 23 heavy (non-hydrogen) atoms. The average Bonchev–Trinajstić information content (AvgIpc) is 3.20. The molecule has 2 saturated heterocycles. The lowest BCUT2D eigenvalue weighted by Crippen LogP contribution is -2.45. The fourth-order valence-corrected chi connectivity index (χ4v) is 3.93. The van der Waals surface area contributed by atoms with Crippen LogP contribution in [0.2, 0.25) is 0 Å². The second-order valence-corrected chi connectivity index (χ2v) is 7.51. The van der Waals surface area contributed by atoms with Crippen molar-refractivity contribution in [3.8, 4) is 0 Å². The van der Waals surface area contributed by atoms with E-state index in [2.05, 4.69) is 57.6 Å². The van der Waals surface area contributed by atoms with Gasteiger partial charge in [-0.05, 0) is 41.4 Å². The predicted octanol–water partition coefficient (Wildman–Crippen LogP) is 1.74. The molecule has 2 bridgehead atoms. The SMILES string of the molecule is Cc1nnc(CN2CC3CC2CN3Cc2ccc(Br)cn2)n1C. The molecule has 0 aliphatic carbocycles. The van der Waals surface area contributed by atoms with Crippen molar-refractivity contribution in [3.05, 3.63) is 40.1 Å². The number of halogens is 1. The molecule has 6 nitrogen and oxygen atoms in total. The van der Waals surface area contributed by atoms with Gasteiger partial charge < -0.3 is 4.57 Å². The van der Waals surface area contributed by atoms with Crippen LogP contribution in [0.1, 0.15) is 23.8 Å². The van der Waals surface area contributed by atoms with Crippen molar-refractivity contribution in [1.82, 2.24) is 29.5 Å². The summed E-state index contributed by atoms with van der Waals surface area (Å²) >= 11 is 3.44. The second-order valence-electron chi connectivity index (χ2n) is 6.59. The van der Waals surface area contributed by atoms with Crippen LogP contribution in [0.15, 0.2) is 22.8 Å². The molecule has 0 N–H and O–H groups in total. The topological polar surface area (TPSA) is 50.1 Å². The lowest BCUT2D eigenvalue weighted by Gasteiger charge is -2.33. The summed E-state index contributed by atoms with van der Waals surface area (Å²) in [5.74, 6) is 2.04. The number of rotatable bonds is 4. The minimum atomic E-state index is 0.632. The van der Waals surface area contributed by atoms with Crippen molar-refractivity contribution in [2.45, 2.75) is 38.5 Å². The highest BCUT2D eigenvalue weighted by Gasteiger charge is 2.43. The van der Waals surface area contributed by atoms with E-state index in [1.807, 2.05) is 20.2 Å². The third-order valence-corrected chi connectivity index (χ3v) is 5.62. The summed E-state index contributed by atoms with van der Waals surface area (Å²) in [7, 11) is 2.05. The minimum absolute atomic E-state index is 0.632. The largest absolute Gasteiger partial charge is 0.317 e. The lowest BCUT2D eigenvalue weighted by molar-refractivity contribution is 0.114. The summed E-state index contributed by atoms with van der Waals surface area (Å²) < 4.78 is 3.13. The maximum absolute atomic E-state index is 4.50. The third-order valence-electron chi connectivity index (χ3n) is 5.15. The van der Waals surface area contributed by atoms with E-state index in [9.17, 15) is 0 Å². The van der Waals surface area contributed by atoms with Crippen molar-refractivity contribution in [3.63, 3.8) is 0 Å². The number of aromatic nitrogens is 4. The molecule has 2 fully saturated rings. The summed E-state index contributed by atoms with van der Waals surface area (Å²) in [5.41, 5.74) is 1.15. The summed E-state index contributed by atoms with van der Waals surface area (Å²) in [6, 6.07) is 5.45. The first-order chi connectivity index (χ1) is 11.1. The quantitative estimate of drug-likeness (QED) is 0.813. The molecule has 4 rings (SSSR count). The maximum Gasteiger partial charge on any atom is 0.146 e. The summed E-state index contributed by atoms with van der Waals surface area (Å²) in [4.78, 5) is 9.63. The van der Waals surface area contributed by atoms with E-state index in [-0.39, 0.29) is 0 Å². The van der Waals surface area contributed by atoms with E-state index in [4.69, 9.17) is 0 Å². The predicted molar refractivity (Wildman–Crippen MR) is 90.7 cm³/mol. The van der Waals surface area contributed by atoms with Gasteiger partial charge in [-0.2, -0.15) is 0 Å². The Hall–Kier alpha value is -1.31. The van der Waals surface area contributed by atoms with Crippen molar-refractivity contribution in [1.29, 1.82) is 0 Å². The number of hydrogen-bond acceptors (Lipinski definition) is 5. The number of likely N-dealkylation sites (tertiary alicyclic amines) is 2. The Bertz CT molecular complexity index is 697. The summed E-state index contributed by atoms with van der Waals surface area (Å²) in [6.07, 6.45) is 3.14. The molecule has 122 valence electrons. The van der Waals surface area contributed by atoms with Crippen molar-refractivity contribution >= 4 is 15.9 Å². The van der Waals surface area contributed by atoms with Crippen LogP contribution in [0.4, 0.5) is 0 Å². The molecule has 2 unspecified atom stereocenters. The number of hydrogen-bond donors (Lipinski definition) is 0. The van der Waals surface area contributed by atoms with Gasteiger partial charge in [0.05, 0.1) is 12.2 Å². The molecule has 7 heteroatoms. The first-order valence-electron chi connectivity index (χ1n) is 8.03. The molecule has 0 aromatic carbocycles. The molecule has 2 aromatic heterocycles. The van der Waals surface area contributed by atoms with Gasteiger partial charge in [-0.1, -0.05) is 0 Å². The van der Waals surface area contributed by atoms with Crippen molar-refractivity contribution in [2.24, 2.45) is 7.05 Å². The van der Waals surface area contributed by atoms with E-state index in [1.54, 1.807) is 0 Å². The van der Waals surface area contributed by atoms with Crippen LogP contribution in [0.5, 0.6) is 0 Å². The average molecular weight is 377 g/mol. The van der Waals surface area contributed by atoms with Crippen LogP contribution in [-0.4, -0.2) is 54.7 Å². The van der Waals surface area contributed by atoms with E-state index in [1.165, 1.54) is 6.42 Å². The normalized spacial score (nSPS) is 24.7. The van der Waals surface area contributed by atoms with Gasteiger partial charge >= 0.3 is 0 Å². The van der Waals surface area contributed by atoms with Gasteiger partial charge in [0.2, 0.25) is 0 Å². The van der Waals surface area contributed by atoms with Crippen LogP contribution < -0.4 is 0 Å². The van der Waals surface area contributed by atoms with Crippen molar-refractivity contribution < 1.29 is 0 Å². The smallest absolute Gasteiger partial charge is 0.146 e. The Morgan fingerprint density at radius 3 is 2.43 bits per heavy atom. The van der Waals surface area contributed by atoms with Gasteiger partial charge in [0.1, 0.15) is 11.6 Å². The molecule has 2 atom stereocenters. The summed E-state index contributed by atoms with van der Waals surface area (Å²) in [5, 5.41) is 8.46. The molecule has 2 aliphatic rings. The first-order valence-corrected chi connectivity index (χ1v) is 8.83. The van der Waals surface area contributed by atoms with Crippen LogP contribution in [0.25, 0.3) is 0 Å². The Morgan fingerprint density at radius 2 is 1.87 bits per heavy atom. The Balaban J connectivity index is 1.38. The van der Waals surface area contributed by atoms with Gasteiger partial charge in [0.25, 0.3) is 0 Å². The molecule has 0 amide bonds. The monoisotopic (exact) mass is 376 g/mol. The highest BCUT2D eigenvalue weighted by molar-refractivity contribution is 9.10. The van der Waals surface area contributed by atoms with Gasteiger partial charge in [-0.15, -0.1) is 10.2 Å². The lowest BCUT2D eigenvalue weighted by atomic mass is 10.2. The molecule has 2 aromatic rings. The second kappa shape index (κ2) is 5.96. The maximum atomic E-state index is 4.50. The highest BCUT2D eigenvalue weighted by Crippen LogP contribution is 2.32. The first kappa shape index (κ1) is 15.2. The third kappa shape index (κ3) is 2.93. The Labute approximate surface area is 144 Å². The van der Waals surface area contributed by atoms with E-state index in [0.29, 0.717) is 12.1 Å². The van der Waals surface area contributed by atoms with Gasteiger partial charge in [0, 0.05) is 49.4 Å².